The van der Waals surface area contributed by atoms with E-state index in [0.717, 1.165) is 49.0 Å². The summed E-state index contributed by atoms with van der Waals surface area (Å²) < 4.78 is 0. The summed E-state index contributed by atoms with van der Waals surface area (Å²) in [5, 5.41) is 11.6. The van der Waals surface area contributed by atoms with E-state index in [0.29, 0.717) is 18.9 Å². The Morgan fingerprint density at radius 1 is 1.43 bits per heavy atom. The minimum atomic E-state index is -0.697. The molecule has 1 saturated heterocycles. The predicted molar refractivity (Wildman–Crippen MR) is 97.0 cm³/mol. The van der Waals surface area contributed by atoms with Crippen molar-refractivity contribution < 1.29 is 5.11 Å². The molecule has 2 heterocycles. The van der Waals surface area contributed by atoms with E-state index in [1.807, 2.05) is 25.1 Å². The van der Waals surface area contributed by atoms with Gasteiger partial charge in [-0.05, 0) is 33.4 Å². The molecule has 0 bridgehead atoms. The van der Waals surface area contributed by atoms with Crippen molar-refractivity contribution in [2.75, 3.05) is 50.1 Å². The number of piperidine rings is 1. The Hall–Kier alpha value is -1.05. The number of hydrogen-bond donors (Lipinski definition) is 2. The van der Waals surface area contributed by atoms with Gasteiger partial charge in [-0.1, -0.05) is 25.1 Å². The highest BCUT2D eigenvalue weighted by molar-refractivity contribution is 7.99. The number of anilines is 2. The number of nitrogen functional groups attached to an aromatic ring is 1. The highest BCUT2D eigenvalue weighted by Crippen LogP contribution is 2.28. The zero-order valence-electron chi connectivity index (χ0n) is 14.5. The van der Waals surface area contributed by atoms with Crippen LogP contribution in [-0.2, 0) is 0 Å². The van der Waals surface area contributed by atoms with E-state index in [1.165, 1.54) is 0 Å². The number of thioether (sulfide) groups is 1. The van der Waals surface area contributed by atoms with Crippen molar-refractivity contribution in [1.82, 2.24) is 14.9 Å². The molecule has 0 unspecified atom stereocenters. The number of β-amino-alcohol motifs (C(OH)–C–C–N with tert-alkyl or cyclic N) is 1. The van der Waals surface area contributed by atoms with Crippen LogP contribution in [-0.4, -0.2) is 65.1 Å². The van der Waals surface area contributed by atoms with Crippen molar-refractivity contribution in [2.45, 2.75) is 43.4 Å². The minimum Gasteiger partial charge on any atom is -0.387 e. The Morgan fingerprint density at radius 3 is 2.91 bits per heavy atom. The second kappa shape index (κ2) is 8.17. The summed E-state index contributed by atoms with van der Waals surface area (Å²) >= 11 is 1.65. The molecule has 1 aromatic rings. The fraction of sp³-hybridized carbons (Fsp3) is 0.750. The van der Waals surface area contributed by atoms with Gasteiger partial charge in [0.15, 0.2) is 5.16 Å². The smallest absolute Gasteiger partial charge is 0.191 e. The molecule has 7 heteroatoms. The third-order valence-electron chi connectivity index (χ3n) is 3.93. The average Bonchev–Trinajstić information content (AvgIpc) is 2.45. The van der Waals surface area contributed by atoms with E-state index in [-0.39, 0.29) is 0 Å². The van der Waals surface area contributed by atoms with Crippen molar-refractivity contribution >= 4 is 23.4 Å². The molecule has 0 aromatic carbocycles. The van der Waals surface area contributed by atoms with Crippen LogP contribution < -0.4 is 10.6 Å². The summed E-state index contributed by atoms with van der Waals surface area (Å²) in [6, 6.07) is 1.81. The summed E-state index contributed by atoms with van der Waals surface area (Å²) in [6.07, 6.45) is 4.07. The number of nitrogens with zero attached hydrogens (tertiary/aromatic N) is 4. The quantitative estimate of drug-likeness (QED) is 0.446. The van der Waals surface area contributed by atoms with Gasteiger partial charge in [-0.3, -0.25) is 0 Å². The SMILES string of the molecule is CCCCSc1nc(N)cc(N2CCC[C@@](O)(CN(C)C)C2)n1. The number of hydrogen-bond acceptors (Lipinski definition) is 7. The molecule has 1 aliphatic rings. The maximum Gasteiger partial charge on any atom is 0.191 e. The number of unbranched alkanes of at least 4 members (excludes halogenated alkanes) is 1. The summed E-state index contributed by atoms with van der Waals surface area (Å²) in [4.78, 5) is 13.1. The molecule has 130 valence electrons. The molecule has 0 amide bonds. The van der Waals surface area contributed by atoms with Crippen LogP contribution in [0.1, 0.15) is 32.6 Å². The Kier molecular flexibility index (Phi) is 6.50. The number of aliphatic hydroxyl groups is 1. The molecule has 0 spiro atoms. The van der Waals surface area contributed by atoms with E-state index < -0.39 is 5.60 Å². The van der Waals surface area contributed by atoms with Crippen LogP contribution in [0.25, 0.3) is 0 Å². The molecule has 2 rings (SSSR count). The second-order valence-corrected chi connectivity index (χ2v) is 7.68. The zero-order valence-corrected chi connectivity index (χ0v) is 15.3. The van der Waals surface area contributed by atoms with Gasteiger partial charge in [-0.15, -0.1) is 0 Å². The third kappa shape index (κ3) is 5.51. The van der Waals surface area contributed by atoms with Crippen molar-refractivity contribution in [2.24, 2.45) is 0 Å². The van der Waals surface area contributed by atoms with Crippen LogP contribution >= 0.6 is 11.8 Å². The van der Waals surface area contributed by atoms with Gasteiger partial charge in [-0.25, -0.2) is 9.97 Å². The van der Waals surface area contributed by atoms with Crippen LogP contribution in [0, 0.1) is 0 Å². The molecule has 3 N–H and O–H groups in total. The van der Waals surface area contributed by atoms with Crippen LogP contribution in [0.3, 0.4) is 0 Å². The number of aromatic nitrogens is 2. The monoisotopic (exact) mass is 339 g/mol. The Balaban J connectivity index is 2.10. The van der Waals surface area contributed by atoms with Gasteiger partial charge in [-0.2, -0.15) is 0 Å². The van der Waals surface area contributed by atoms with Crippen molar-refractivity contribution in [3.63, 3.8) is 0 Å². The number of likely N-dealkylation sites (N-methyl/N-ethyl adjacent to an activating group) is 1. The van der Waals surface area contributed by atoms with Crippen LogP contribution in [0.4, 0.5) is 11.6 Å². The lowest BCUT2D eigenvalue weighted by atomic mass is 9.92. The lowest BCUT2D eigenvalue weighted by molar-refractivity contribution is 0.00350. The first-order chi connectivity index (χ1) is 10.9. The first kappa shape index (κ1) is 18.3. The number of nitrogens with two attached hydrogens (primary N) is 1. The van der Waals surface area contributed by atoms with E-state index in [1.54, 1.807) is 11.8 Å². The zero-order chi connectivity index (χ0) is 16.9. The average molecular weight is 340 g/mol. The van der Waals surface area contributed by atoms with E-state index in [9.17, 15) is 5.11 Å². The second-order valence-electron chi connectivity index (χ2n) is 6.62. The van der Waals surface area contributed by atoms with Crippen LogP contribution in [0.2, 0.25) is 0 Å². The normalized spacial score (nSPS) is 21.9. The topological polar surface area (TPSA) is 78.5 Å². The van der Waals surface area contributed by atoms with Gasteiger partial charge in [0.25, 0.3) is 0 Å². The molecule has 1 aromatic heterocycles. The fourth-order valence-electron chi connectivity index (χ4n) is 2.99. The Bertz CT molecular complexity index is 513. The molecule has 23 heavy (non-hydrogen) atoms. The highest BCUT2D eigenvalue weighted by Gasteiger charge is 2.34. The highest BCUT2D eigenvalue weighted by atomic mass is 32.2. The molecule has 0 radical (unpaired) electrons. The third-order valence-corrected chi connectivity index (χ3v) is 4.86. The van der Waals surface area contributed by atoms with Gasteiger partial charge in [0.1, 0.15) is 11.6 Å². The summed E-state index contributed by atoms with van der Waals surface area (Å²) in [5.74, 6) is 2.33. The molecule has 0 saturated carbocycles. The Labute approximate surface area is 143 Å². The molecule has 1 fully saturated rings. The molecular weight excluding hydrogens is 310 g/mol. The Morgan fingerprint density at radius 2 is 2.22 bits per heavy atom. The maximum atomic E-state index is 10.8. The van der Waals surface area contributed by atoms with Crippen LogP contribution in [0.15, 0.2) is 11.2 Å². The first-order valence-corrected chi connectivity index (χ1v) is 9.30. The van der Waals surface area contributed by atoms with Crippen molar-refractivity contribution in [1.29, 1.82) is 0 Å². The summed E-state index contributed by atoms with van der Waals surface area (Å²) in [5.41, 5.74) is 5.26. The molecule has 1 aliphatic heterocycles. The molecule has 0 aliphatic carbocycles. The minimum absolute atomic E-state index is 0.496. The number of rotatable bonds is 7. The van der Waals surface area contributed by atoms with E-state index >= 15 is 0 Å². The molecular formula is C16H29N5OS. The van der Waals surface area contributed by atoms with Crippen LogP contribution in [0.5, 0.6) is 0 Å². The fourth-order valence-corrected chi connectivity index (χ4v) is 3.93. The van der Waals surface area contributed by atoms with E-state index in [2.05, 4.69) is 21.8 Å². The largest absolute Gasteiger partial charge is 0.387 e. The summed E-state index contributed by atoms with van der Waals surface area (Å²) in [7, 11) is 3.98. The van der Waals surface area contributed by atoms with Crippen molar-refractivity contribution in [3.05, 3.63) is 6.07 Å². The lowest BCUT2D eigenvalue weighted by Crippen LogP contribution is -2.53. The van der Waals surface area contributed by atoms with Gasteiger partial charge in [0.2, 0.25) is 0 Å². The lowest BCUT2D eigenvalue weighted by Gasteiger charge is -2.41. The van der Waals surface area contributed by atoms with Crippen molar-refractivity contribution in [3.8, 4) is 0 Å². The van der Waals surface area contributed by atoms with E-state index in [4.69, 9.17) is 5.73 Å². The van der Waals surface area contributed by atoms with Gasteiger partial charge < -0.3 is 20.6 Å². The van der Waals surface area contributed by atoms with Gasteiger partial charge in [0.05, 0.1) is 5.60 Å². The molecule has 6 nitrogen and oxygen atoms in total. The molecule has 1 atom stereocenters. The summed E-state index contributed by atoms with van der Waals surface area (Å²) in [6.45, 7) is 4.31. The van der Waals surface area contributed by atoms with Gasteiger partial charge in [0, 0.05) is 31.5 Å². The predicted octanol–water partition coefficient (Wildman–Crippen LogP) is 1.84. The van der Waals surface area contributed by atoms with Gasteiger partial charge >= 0.3 is 0 Å². The first-order valence-electron chi connectivity index (χ1n) is 8.31. The standard InChI is InChI=1S/C16H29N5OS/c1-4-5-9-23-15-18-13(17)10-14(19-15)21-8-6-7-16(22,12-21)11-20(2)3/h10,22H,4-9,11-12H2,1-3H3,(H2,17,18,19)/t16-/m1/s1. The maximum absolute atomic E-state index is 10.8.